The fraction of sp³-hybridized carbons (Fsp3) is 0.400. The van der Waals surface area contributed by atoms with Gasteiger partial charge in [-0.25, -0.2) is 4.79 Å². The van der Waals surface area contributed by atoms with Crippen LogP contribution in [0.1, 0.15) is 55.6 Å². The third kappa shape index (κ3) is 4.07. The minimum Gasteiger partial charge on any atom is -0.481 e. The van der Waals surface area contributed by atoms with Crippen molar-refractivity contribution in [2.75, 3.05) is 6.61 Å². The number of benzene rings is 2. The maximum Gasteiger partial charge on any atom is 0.407 e. The highest BCUT2D eigenvalue weighted by molar-refractivity contribution is 5.82. The smallest absolute Gasteiger partial charge is 0.407 e. The molecule has 2 fully saturated rings. The highest BCUT2D eigenvalue weighted by atomic mass is 16.5. The minimum atomic E-state index is -0.916. The molecule has 7 heteroatoms. The number of aliphatic carboxylic acids is 1. The number of carboxylic acids is 1. The molecular formula is C25H26N2O5. The van der Waals surface area contributed by atoms with E-state index in [1.807, 2.05) is 24.3 Å². The summed E-state index contributed by atoms with van der Waals surface area (Å²) in [6.07, 6.45) is 2.32. The van der Waals surface area contributed by atoms with Crippen molar-refractivity contribution < 1.29 is 24.2 Å². The molecule has 7 nitrogen and oxygen atoms in total. The van der Waals surface area contributed by atoms with Crippen LogP contribution in [0.3, 0.4) is 0 Å². The first kappa shape index (κ1) is 20.5. The Bertz CT molecular complexity index is 1040. The van der Waals surface area contributed by atoms with Gasteiger partial charge in [0.2, 0.25) is 5.91 Å². The molecular weight excluding hydrogens is 408 g/mol. The predicted molar refractivity (Wildman–Crippen MR) is 117 cm³/mol. The molecule has 0 heterocycles. The van der Waals surface area contributed by atoms with Crippen molar-refractivity contribution in [1.29, 1.82) is 0 Å². The minimum absolute atomic E-state index is 0.0163. The summed E-state index contributed by atoms with van der Waals surface area (Å²) in [5.74, 6) is -1.15. The molecule has 0 aliphatic heterocycles. The number of rotatable bonds is 8. The second-order valence-electron chi connectivity index (χ2n) is 9.31. The summed E-state index contributed by atoms with van der Waals surface area (Å²) in [5.41, 5.74) is 3.44. The van der Waals surface area contributed by atoms with Gasteiger partial charge in [-0.2, -0.15) is 0 Å². The van der Waals surface area contributed by atoms with Crippen LogP contribution in [0.5, 0.6) is 0 Å². The van der Waals surface area contributed by atoms with Gasteiger partial charge in [-0.3, -0.25) is 9.59 Å². The molecule has 3 aliphatic carbocycles. The molecule has 0 spiro atoms. The molecule has 3 aliphatic rings. The number of hydrogen-bond donors (Lipinski definition) is 3. The van der Waals surface area contributed by atoms with Gasteiger partial charge in [0.05, 0.1) is 17.5 Å². The van der Waals surface area contributed by atoms with E-state index in [1.165, 1.54) is 11.1 Å². The van der Waals surface area contributed by atoms with Crippen molar-refractivity contribution in [2.24, 2.45) is 0 Å². The number of carbonyl (C=O) groups excluding carboxylic acids is 2. The molecule has 0 bridgehead atoms. The molecule has 0 radical (unpaired) electrons. The molecule has 5 rings (SSSR count). The van der Waals surface area contributed by atoms with Gasteiger partial charge in [0.25, 0.3) is 0 Å². The van der Waals surface area contributed by atoms with E-state index in [9.17, 15) is 14.4 Å². The predicted octanol–water partition coefficient (Wildman–Crippen LogP) is 3.57. The Morgan fingerprint density at radius 2 is 1.38 bits per heavy atom. The normalized spacial score (nSPS) is 18.8. The van der Waals surface area contributed by atoms with Crippen molar-refractivity contribution in [3.63, 3.8) is 0 Å². The standard InChI is InChI=1S/C25H26N2O5/c28-21(26-25(11-12-25)14-22(29)30)13-24(9-10-24)27-23(31)32-15-20-18-7-3-1-5-16(18)17-6-2-4-8-19(17)20/h1-8,20H,9-15H2,(H,26,28)(H,27,31)(H,29,30). The lowest BCUT2D eigenvalue weighted by atomic mass is 9.98. The van der Waals surface area contributed by atoms with Crippen LogP contribution in [0.2, 0.25) is 0 Å². The number of carboxylic acid groups (broad SMARTS) is 1. The monoisotopic (exact) mass is 434 g/mol. The van der Waals surface area contributed by atoms with Gasteiger partial charge < -0.3 is 20.5 Å². The quantitative estimate of drug-likeness (QED) is 0.589. The van der Waals surface area contributed by atoms with Crippen LogP contribution in [0, 0.1) is 0 Å². The lowest BCUT2D eigenvalue weighted by molar-refractivity contribution is -0.138. The fourth-order valence-electron chi connectivity index (χ4n) is 4.78. The molecule has 3 N–H and O–H groups in total. The lowest BCUT2D eigenvalue weighted by Gasteiger charge is -2.21. The van der Waals surface area contributed by atoms with E-state index in [1.54, 1.807) is 0 Å². The van der Waals surface area contributed by atoms with Gasteiger partial charge in [0, 0.05) is 12.3 Å². The maximum absolute atomic E-state index is 12.6. The van der Waals surface area contributed by atoms with Crippen molar-refractivity contribution in [3.8, 4) is 11.1 Å². The summed E-state index contributed by atoms with van der Waals surface area (Å²) in [5, 5.41) is 14.7. The highest BCUT2D eigenvalue weighted by Gasteiger charge is 2.50. The highest BCUT2D eigenvalue weighted by Crippen LogP contribution is 2.45. The summed E-state index contributed by atoms with van der Waals surface area (Å²) in [7, 11) is 0. The molecule has 0 atom stereocenters. The Labute approximate surface area is 186 Å². The van der Waals surface area contributed by atoms with Crippen LogP contribution in [-0.2, 0) is 14.3 Å². The number of amides is 2. The Morgan fingerprint density at radius 1 is 0.844 bits per heavy atom. The topological polar surface area (TPSA) is 105 Å². The van der Waals surface area contributed by atoms with Crippen LogP contribution < -0.4 is 10.6 Å². The molecule has 2 amide bonds. The van der Waals surface area contributed by atoms with Crippen LogP contribution in [0.15, 0.2) is 48.5 Å². The van der Waals surface area contributed by atoms with Crippen LogP contribution >= 0.6 is 0 Å². The maximum atomic E-state index is 12.6. The third-order valence-electron chi connectivity index (χ3n) is 6.81. The fourth-order valence-corrected chi connectivity index (χ4v) is 4.78. The Hall–Kier alpha value is -3.35. The van der Waals surface area contributed by atoms with E-state index in [0.717, 1.165) is 11.1 Å². The molecule has 2 aromatic rings. The van der Waals surface area contributed by atoms with Gasteiger partial charge in [-0.15, -0.1) is 0 Å². The van der Waals surface area contributed by atoms with Crippen molar-refractivity contribution in [3.05, 3.63) is 59.7 Å². The van der Waals surface area contributed by atoms with Gasteiger partial charge in [0.1, 0.15) is 6.61 Å². The van der Waals surface area contributed by atoms with Gasteiger partial charge >= 0.3 is 12.1 Å². The molecule has 0 saturated heterocycles. The zero-order valence-corrected chi connectivity index (χ0v) is 17.7. The largest absolute Gasteiger partial charge is 0.481 e. The van der Waals surface area contributed by atoms with Crippen LogP contribution in [-0.4, -0.2) is 40.8 Å². The van der Waals surface area contributed by atoms with Crippen molar-refractivity contribution >= 4 is 18.0 Å². The second-order valence-corrected chi connectivity index (χ2v) is 9.31. The second kappa shape index (κ2) is 7.65. The van der Waals surface area contributed by atoms with E-state index in [4.69, 9.17) is 9.84 Å². The summed E-state index contributed by atoms with van der Waals surface area (Å²) in [6.45, 7) is 0.226. The molecule has 0 aromatic heterocycles. The van der Waals surface area contributed by atoms with E-state index < -0.39 is 23.1 Å². The molecule has 2 aromatic carbocycles. The van der Waals surface area contributed by atoms with Crippen molar-refractivity contribution in [1.82, 2.24) is 10.6 Å². The summed E-state index contributed by atoms with van der Waals surface area (Å²) in [4.78, 5) is 36.0. The first-order valence-corrected chi connectivity index (χ1v) is 11.0. The van der Waals surface area contributed by atoms with Gasteiger partial charge in [-0.1, -0.05) is 48.5 Å². The molecule has 2 saturated carbocycles. The third-order valence-corrected chi connectivity index (χ3v) is 6.81. The van der Waals surface area contributed by atoms with E-state index in [2.05, 4.69) is 34.9 Å². The summed E-state index contributed by atoms with van der Waals surface area (Å²) >= 11 is 0. The van der Waals surface area contributed by atoms with E-state index in [-0.39, 0.29) is 31.3 Å². The van der Waals surface area contributed by atoms with Crippen LogP contribution in [0.4, 0.5) is 4.79 Å². The Morgan fingerprint density at radius 3 is 1.91 bits per heavy atom. The number of fused-ring (bicyclic) bond motifs is 3. The Kier molecular flexibility index (Phi) is 4.92. The summed E-state index contributed by atoms with van der Waals surface area (Å²) in [6, 6.07) is 16.3. The van der Waals surface area contributed by atoms with Gasteiger partial charge in [0.15, 0.2) is 0 Å². The number of ether oxygens (including phenoxy) is 1. The SMILES string of the molecule is O=C(O)CC1(NC(=O)CC2(NC(=O)OCC3c4ccccc4-c4ccccc43)CC2)CC1. The van der Waals surface area contributed by atoms with E-state index >= 15 is 0 Å². The molecule has 166 valence electrons. The first-order valence-electron chi connectivity index (χ1n) is 11.0. The van der Waals surface area contributed by atoms with Crippen molar-refractivity contribution in [2.45, 2.75) is 55.5 Å². The number of carbonyl (C=O) groups is 3. The Balaban J connectivity index is 1.17. The van der Waals surface area contributed by atoms with E-state index in [0.29, 0.717) is 25.7 Å². The molecule has 32 heavy (non-hydrogen) atoms. The average Bonchev–Trinajstić information content (AvgIpc) is 3.65. The first-order chi connectivity index (χ1) is 15.4. The number of hydrogen-bond acceptors (Lipinski definition) is 4. The number of nitrogens with one attached hydrogen (secondary N) is 2. The lowest BCUT2D eigenvalue weighted by Crippen LogP contribution is -2.45. The molecule has 0 unspecified atom stereocenters. The zero-order valence-electron chi connectivity index (χ0n) is 17.7. The average molecular weight is 434 g/mol. The number of alkyl carbamates (subject to hydrolysis) is 1. The zero-order chi connectivity index (χ0) is 22.3. The van der Waals surface area contributed by atoms with Crippen LogP contribution in [0.25, 0.3) is 11.1 Å². The summed E-state index contributed by atoms with van der Waals surface area (Å²) < 4.78 is 5.60. The van der Waals surface area contributed by atoms with Gasteiger partial charge in [-0.05, 0) is 47.9 Å².